The van der Waals surface area contributed by atoms with Crippen LogP contribution in [0.15, 0.2) is 0 Å². The average molecular weight is 160 g/mol. The van der Waals surface area contributed by atoms with E-state index in [0.29, 0.717) is 0 Å². The Bertz CT molecular complexity index is 79.6. The second-order valence-electron chi connectivity index (χ2n) is 3.06. The molecule has 2 heteroatoms. The first-order valence-corrected chi connectivity index (χ1v) is 4.55. The third-order valence-electron chi connectivity index (χ3n) is 2.16. The first-order valence-electron chi connectivity index (χ1n) is 4.55. The van der Waals surface area contributed by atoms with Crippen molar-refractivity contribution in [3.63, 3.8) is 0 Å². The predicted molar refractivity (Wildman–Crippen MR) is 46.4 cm³/mol. The average Bonchev–Trinajstić information content (AvgIpc) is 2.03. The van der Waals surface area contributed by atoms with E-state index in [4.69, 9.17) is 5.11 Å². The largest absolute Gasteiger partial charge is 0.396 e. The summed E-state index contributed by atoms with van der Waals surface area (Å²) in [4.78, 5) is 0. The van der Waals surface area contributed by atoms with Gasteiger partial charge in [-0.1, -0.05) is 26.7 Å². The fourth-order valence-electron chi connectivity index (χ4n) is 1.17. The molecule has 2 unspecified atom stereocenters. The quantitative estimate of drug-likeness (QED) is 0.619. The van der Waals surface area contributed by atoms with E-state index in [9.17, 15) is 5.11 Å². The van der Waals surface area contributed by atoms with Crippen LogP contribution in [0.4, 0.5) is 0 Å². The Morgan fingerprint density at radius 2 is 1.91 bits per heavy atom. The molecule has 0 aliphatic rings. The van der Waals surface area contributed by atoms with Crippen molar-refractivity contribution in [1.82, 2.24) is 0 Å². The maximum atomic E-state index is 9.48. The summed E-state index contributed by atoms with van der Waals surface area (Å²) in [5.74, 6) is 0.0848. The molecular formula is C9H20O2. The van der Waals surface area contributed by atoms with Gasteiger partial charge >= 0.3 is 0 Å². The Morgan fingerprint density at radius 1 is 1.27 bits per heavy atom. The highest BCUT2D eigenvalue weighted by molar-refractivity contribution is 4.65. The molecule has 11 heavy (non-hydrogen) atoms. The first-order chi connectivity index (χ1) is 5.26. The van der Waals surface area contributed by atoms with Crippen molar-refractivity contribution in [2.75, 3.05) is 6.61 Å². The molecule has 2 N–H and O–H groups in total. The molecule has 0 fully saturated rings. The SMILES string of the molecule is CCCCC(O)C(CC)CO. The molecule has 0 saturated heterocycles. The topological polar surface area (TPSA) is 40.5 Å². The van der Waals surface area contributed by atoms with Crippen molar-refractivity contribution in [2.24, 2.45) is 5.92 Å². The Labute approximate surface area is 69.2 Å². The monoisotopic (exact) mass is 160 g/mol. The molecule has 0 bridgehead atoms. The number of rotatable bonds is 6. The lowest BCUT2D eigenvalue weighted by molar-refractivity contribution is 0.0573. The number of aliphatic hydroxyl groups excluding tert-OH is 2. The Morgan fingerprint density at radius 3 is 2.27 bits per heavy atom. The molecule has 0 rings (SSSR count). The second-order valence-corrected chi connectivity index (χ2v) is 3.06. The van der Waals surface area contributed by atoms with Crippen molar-refractivity contribution >= 4 is 0 Å². The molecule has 0 amide bonds. The van der Waals surface area contributed by atoms with E-state index < -0.39 is 0 Å². The van der Waals surface area contributed by atoms with Gasteiger partial charge in [-0.3, -0.25) is 0 Å². The van der Waals surface area contributed by atoms with E-state index in [0.717, 1.165) is 25.7 Å². The summed E-state index contributed by atoms with van der Waals surface area (Å²) in [7, 11) is 0. The van der Waals surface area contributed by atoms with Gasteiger partial charge in [0.1, 0.15) is 0 Å². The zero-order chi connectivity index (χ0) is 8.69. The Kier molecular flexibility index (Phi) is 6.57. The van der Waals surface area contributed by atoms with Gasteiger partial charge in [0.2, 0.25) is 0 Å². The summed E-state index contributed by atoms with van der Waals surface area (Å²) in [6, 6.07) is 0. The van der Waals surface area contributed by atoms with Gasteiger partial charge in [-0.2, -0.15) is 0 Å². The van der Waals surface area contributed by atoms with Crippen molar-refractivity contribution < 1.29 is 10.2 Å². The molecule has 2 atom stereocenters. The van der Waals surface area contributed by atoms with Crippen LogP contribution in [0.5, 0.6) is 0 Å². The van der Waals surface area contributed by atoms with Crippen molar-refractivity contribution in [1.29, 1.82) is 0 Å². The van der Waals surface area contributed by atoms with Crippen LogP contribution >= 0.6 is 0 Å². The highest BCUT2D eigenvalue weighted by atomic mass is 16.3. The van der Waals surface area contributed by atoms with Gasteiger partial charge in [0.25, 0.3) is 0 Å². The molecule has 0 aliphatic heterocycles. The number of unbranched alkanes of at least 4 members (excludes halogenated alkanes) is 1. The number of hydrogen-bond acceptors (Lipinski definition) is 2. The Balaban J connectivity index is 3.51. The van der Waals surface area contributed by atoms with Crippen LogP contribution in [0.2, 0.25) is 0 Å². The molecule has 0 radical (unpaired) electrons. The molecule has 0 aromatic heterocycles. The predicted octanol–water partition coefficient (Wildman–Crippen LogP) is 1.56. The third-order valence-corrected chi connectivity index (χ3v) is 2.16. The van der Waals surface area contributed by atoms with Crippen LogP contribution in [0, 0.1) is 5.92 Å². The maximum Gasteiger partial charge on any atom is 0.0590 e. The second kappa shape index (κ2) is 6.62. The molecule has 2 nitrogen and oxygen atoms in total. The Hall–Kier alpha value is -0.0800. The molecule has 0 heterocycles. The van der Waals surface area contributed by atoms with Crippen LogP contribution in [0.3, 0.4) is 0 Å². The number of aliphatic hydroxyl groups is 2. The van der Waals surface area contributed by atoms with Gasteiger partial charge in [-0.15, -0.1) is 0 Å². The van der Waals surface area contributed by atoms with Crippen LogP contribution < -0.4 is 0 Å². The minimum absolute atomic E-state index is 0.0848. The zero-order valence-corrected chi connectivity index (χ0v) is 7.58. The van der Waals surface area contributed by atoms with Gasteiger partial charge in [-0.25, -0.2) is 0 Å². The van der Waals surface area contributed by atoms with E-state index in [1.165, 1.54) is 0 Å². The van der Waals surface area contributed by atoms with E-state index in [2.05, 4.69) is 6.92 Å². The molecule has 68 valence electrons. The minimum Gasteiger partial charge on any atom is -0.396 e. The first kappa shape index (κ1) is 10.9. The fraction of sp³-hybridized carbons (Fsp3) is 1.00. The molecule has 0 aliphatic carbocycles. The van der Waals surface area contributed by atoms with E-state index in [-0.39, 0.29) is 18.6 Å². The van der Waals surface area contributed by atoms with Crippen LogP contribution in [0.1, 0.15) is 39.5 Å². The van der Waals surface area contributed by atoms with E-state index in [1.807, 2.05) is 6.92 Å². The standard InChI is InChI=1S/C9H20O2/c1-3-5-6-9(11)8(4-2)7-10/h8-11H,3-7H2,1-2H3. The zero-order valence-electron chi connectivity index (χ0n) is 7.58. The van der Waals surface area contributed by atoms with E-state index in [1.54, 1.807) is 0 Å². The smallest absolute Gasteiger partial charge is 0.0590 e. The van der Waals surface area contributed by atoms with Gasteiger partial charge in [-0.05, 0) is 12.8 Å². The maximum absolute atomic E-state index is 9.48. The van der Waals surface area contributed by atoms with Crippen molar-refractivity contribution in [3.05, 3.63) is 0 Å². The van der Waals surface area contributed by atoms with Gasteiger partial charge in [0.05, 0.1) is 6.10 Å². The summed E-state index contributed by atoms with van der Waals surface area (Å²) >= 11 is 0. The molecular weight excluding hydrogens is 140 g/mol. The lowest BCUT2D eigenvalue weighted by atomic mass is 9.96. The van der Waals surface area contributed by atoms with Gasteiger partial charge in [0, 0.05) is 12.5 Å². The van der Waals surface area contributed by atoms with Gasteiger partial charge < -0.3 is 10.2 Å². The summed E-state index contributed by atoms with van der Waals surface area (Å²) in [5, 5.41) is 18.3. The highest BCUT2D eigenvalue weighted by Crippen LogP contribution is 2.13. The van der Waals surface area contributed by atoms with Crippen LogP contribution in [0.25, 0.3) is 0 Å². The summed E-state index contributed by atoms with van der Waals surface area (Å²) in [6.45, 7) is 4.21. The van der Waals surface area contributed by atoms with Crippen molar-refractivity contribution in [2.45, 2.75) is 45.6 Å². The lowest BCUT2D eigenvalue weighted by Crippen LogP contribution is -2.22. The molecule has 0 aromatic carbocycles. The van der Waals surface area contributed by atoms with Crippen LogP contribution in [-0.2, 0) is 0 Å². The summed E-state index contributed by atoms with van der Waals surface area (Å²) in [6.07, 6.45) is 3.55. The molecule has 0 saturated carbocycles. The minimum atomic E-state index is -0.301. The third kappa shape index (κ3) is 4.38. The summed E-state index contributed by atoms with van der Waals surface area (Å²) in [5.41, 5.74) is 0. The lowest BCUT2D eigenvalue weighted by Gasteiger charge is -2.18. The van der Waals surface area contributed by atoms with E-state index >= 15 is 0 Å². The number of hydrogen-bond donors (Lipinski definition) is 2. The van der Waals surface area contributed by atoms with Crippen molar-refractivity contribution in [3.8, 4) is 0 Å². The highest BCUT2D eigenvalue weighted by Gasteiger charge is 2.14. The van der Waals surface area contributed by atoms with Gasteiger partial charge in [0.15, 0.2) is 0 Å². The normalized spacial score (nSPS) is 16.4. The fourth-order valence-corrected chi connectivity index (χ4v) is 1.17. The summed E-state index contributed by atoms with van der Waals surface area (Å²) < 4.78 is 0. The molecule has 0 spiro atoms. The van der Waals surface area contributed by atoms with Crippen LogP contribution in [-0.4, -0.2) is 22.9 Å². The molecule has 0 aromatic rings.